The van der Waals surface area contributed by atoms with Gasteiger partial charge in [0.2, 0.25) is 5.91 Å². The molecular weight excluding hydrogens is 426 g/mol. The lowest BCUT2D eigenvalue weighted by Crippen LogP contribution is -2.27. The molecular formula is C19H15N5O4S2. The van der Waals surface area contributed by atoms with Crippen LogP contribution in [0.25, 0.3) is 10.9 Å². The minimum Gasteiger partial charge on any atom is -0.325 e. The van der Waals surface area contributed by atoms with E-state index < -0.39 is 15.9 Å². The van der Waals surface area contributed by atoms with Crippen LogP contribution in [0.15, 0.2) is 76.1 Å². The van der Waals surface area contributed by atoms with Gasteiger partial charge in [-0.2, -0.15) is 0 Å². The third kappa shape index (κ3) is 4.21. The molecule has 0 saturated heterocycles. The summed E-state index contributed by atoms with van der Waals surface area (Å²) in [5.74, 6) is -0.439. The van der Waals surface area contributed by atoms with E-state index in [2.05, 4.69) is 20.0 Å². The smallest absolute Gasteiger partial charge is 0.263 e. The molecule has 4 aromatic rings. The molecule has 0 radical (unpaired) electrons. The molecule has 0 aliphatic rings. The van der Waals surface area contributed by atoms with Crippen molar-refractivity contribution >= 4 is 49.0 Å². The number of hydrogen-bond acceptors (Lipinski definition) is 7. The Hall–Kier alpha value is -3.57. The number of nitrogens with one attached hydrogen (secondary N) is 2. The summed E-state index contributed by atoms with van der Waals surface area (Å²) < 4.78 is 28.3. The third-order valence-corrected chi connectivity index (χ3v) is 6.32. The molecule has 0 atom stereocenters. The number of carbonyl (C=O) groups is 1. The number of hydrogen-bond donors (Lipinski definition) is 2. The second-order valence-corrected chi connectivity index (χ2v) is 8.79. The van der Waals surface area contributed by atoms with E-state index in [4.69, 9.17) is 0 Å². The number of para-hydroxylation sites is 1. The number of nitrogens with zero attached hydrogens (tertiary/aromatic N) is 3. The SMILES string of the molecule is O=C(Cn1cnc2ccccc2c1=O)Nc1ccc(S(=O)(=O)Nc2nccs2)cc1. The number of anilines is 2. The zero-order valence-corrected chi connectivity index (χ0v) is 17.0. The minimum atomic E-state index is -3.77. The van der Waals surface area contributed by atoms with Gasteiger partial charge >= 0.3 is 0 Å². The van der Waals surface area contributed by atoms with E-state index in [0.717, 1.165) is 0 Å². The standard InChI is InChI=1S/C19H15N5O4S2/c25-17(11-24-12-21-16-4-2-1-3-15(16)18(24)26)22-13-5-7-14(8-6-13)30(27,28)23-19-20-9-10-29-19/h1-10,12H,11H2,(H,20,23)(H,22,25). The van der Waals surface area contributed by atoms with Gasteiger partial charge in [-0.05, 0) is 36.4 Å². The van der Waals surface area contributed by atoms with Gasteiger partial charge in [0.1, 0.15) is 6.54 Å². The summed E-state index contributed by atoms with van der Waals surface area (Å²) in [6.45, 7) is -0.220. The molecule has 2 aromatic carbocycles. The van der Waals surface area contributed by atoms with E-state index in [1.807, 2.05) is 0 Å². The highest BCUT2D eigenvalue weighted by atomic mass is 32.2. The highest BCUT2D eigenvalue weighted by Gasteiger charge is 2.15. The van der Waals surface area contributed by atoms with Crippen LogP contribution in [0.2, 0.25) is 0 Å². The molecule has 11 heteroatoms. The summed E-state index contributed by atoms with van der Waals surface area (Å²) in [5, 5.41) is 4.99. The Balaban J connectivity index is 1.45. The first-order valence-corrected chi connectivity index (χ1v) is 11.0. The predicted molar refractivity (Wildman–Crippen MR) is 114 cm³/mol. The number of benzene rings is 2. The summed E-state index contributed by atoms with van der Waals surface area (Å²) >= 11 is 1.17. The maximum atomic E-state index is 12.5. The number of aromatic nitrogens is 3. The van der Waals surface area contributed by atoms with E-state index in [9.17, 15) is 18.0 Å². The van der Waals surface area contributed by atoms with Crippen LogP contribution in [0, 0.1) is 0 Å². The fraction of sp³-hybridized carbons (Fsp3) is 0.0526. The van der Waals surface area contributed by atoms with Crippen molar-refractivity contribution in [2.75, 3.05) is 10.0 Å². The van der Waals surface area contributed by atoms with Crippen LogP contribution in [0.1, 0.15) is 0 Å². The number of amides is 1. The number of fused-ring (bicyclic) bond motifs is 1. The summed E-state index contributed by atoms with van der Waals surface area (Å²) in [4.78, 5) is 32.9. The quantitative estimate of drug-likeness (QED) is 0.473. The van der Waals surface area contributed by atoms with Crippen molar-refractivity contribution in [1.82, 2.24) is 14.5 Å². The summed E-state index contributed by atoms with van der Waals surface area (Å²) in [7, 11) is -3.77. The number of carbonyl (C=O) groups excluding carboxylic acids is 1. The normalized spacial score (nSPS) is 11.3. The summed E-state index contributed by atoms with van der Waals surface area (Å²) in [6.07, 6.45) is 2.82. The molecule has 0 aliphatic heterocycles. The van der Waals surface area contributed by atoms with Crippen LogP contribution < -0.4 is 15.6 Å². The second-order valence-electron chi connectivity index (χ2n) is 6.21. The Kier molecular flexibility index (Phi) is 5.29. The Morgan fingerprint density at radius 3 is 2.57 bits per heavy atom. The van der Waals surface area contributed by atoms with E-state index >= 15 is 0 Å². The van der Waals surface area contributed by atoms with Crippen molar-refractivity contribution in [3.63, 3.8) is 0 Å². The number of sulfonamides is 1. The molecule has 0 aliphatic carbocycles. The van der Waals surface area contributed by atoms with Crippen LogP contribution >= 0.6 is 11.3 Å². The molecule has 0 spiro atoms. The summed E-state index contributed by atoms with van der Waals surface area (Å²) in [6, 6.07) is 12.6. The summed E-state index contributed by atoms with van der Waals surface area (Å²) in [5.41, 5.74) is 0.641. The fourth-order valence-corrected chi connectivity index (χ4v) is 4.53. The zero-order valence-electron chi connectivity index (χ0n) is 15.3. The first kappa shape index (κ1) is 19.7. The molecule has 2 aromatic heterocycles. The van der Waals surface area contributed by atoms with Gasteiger partial charge in [-0.3, -0.25) is 18.9 Å². The molecule has 0 unspecified atom stereocenters. The van der Waals surface area contributed by atoms with Crippen molar-refractivity contribution in [2.24, 2.45) is 0 Å². The highest BCUT2D eigenvalue weighted by Crippen LogP contribution is 2.19. The van der Waals surface area contributed by atoms with Gasteiger partial charge in [0.25, 0.3) is 15.6 Å². The number of thiazole rings is 1. The van der Waals surface area contributed by atoms with Crippen LogP contribution in [-0.4, -0.2) is 28.9 Å². The minimum absolute atomic E-state index is 0.0330. The van der Waals surface area contributed by atoms with Gasteiger partial charge in [-0.25, -0.2) is 18.4 Å². The van der Waals surface area contributed by atoms with Crippen molar-refractivity contribution < 1.29 is 13.2 Å². The first-order valence-electron chi connectivity index (χ1n) is 8.69. The Morgan fingerprint density at radius 1 is 1.07 bits per heavy atom. The van der Waals surface area contributed by atoms with E-state index in [0.29, 0.717) is 16.6 Å². The van der Waals surface area contributed by atoms with Gasteiger partial charge in [-0.15, -0.1) is 11.3 Å². The molecule has 4 rings (SSSR count). The zero-order chi connectivity index (χ0) is 21.1. The Bertz CT molecular complexity index is 1360. The Labute approximate surface area is 175 Å². The maximum Gasteiger partial charge on any atom is 0.263 e. The van der Waals surface area contributed by atoms with Crippen molar-refractivity contribution in [3.05, 3.63) is 76.8 Å². The third-order valence-electron chi connectivity index (χ3n) is 4.15. The average molecular weight is 441 g/mol. The van der Waals surface area contributed by atoms with Crippen LogP contribution in [0.4, 0.5) is 10.8 Å². The van der Waals surface area contributed by atoms with E-state index in [1.165, 1.54) is 52.7 Å². The molecule has 0 bridgehead atoms. The van der Waals surface area contributed by atoms with Crippen molar-refractivity contribution in [2.45, 2.75) is 11.4 Å². The van der Waals surface area contributed by atoms with Crippen LogP contribution in [0.3, 0.4) is 0 Å². The molecule has 0 saturated carbocycles. The lowest BCUT2D eigenvalue weighted by atomic mass is 10.2. The first-order chi connectivity index (χ1) is 14.4. The highest BCUT2D eigenvalue weighted by molar-refractivity contribution is 7.93. The van der Waals surface area contributed by atoms with Crippen molar-refractivity contribution in [1.29, 1.82) is 0 Å². The van der Waals surface area contributed by atoms with E-state index in [-0.39, 0.29) is 22.1 Å². The molecule has 2 heterocycles. The molecule has 1 amide bonds. The van der Waals surface area contributed by atoms with Gasteiger partial charge < -0.3 is 5.32 Å². The molecule has 9 nitrogen and oxygen atoms in total. The largest absolute Gasteiger partial charge is 0.325 e. The van der Waals surface area contributed by atoms with Crippen LogP contribution in [0.5, 0.6) is 0 Å². The predicted octanol–water partition coefficient (Wildman–Crippen LogP) is 2.29. The lowest BCUT2D eigenvalue weighted by Gasteiger charge is -2.09. The monoisotopic (exact) mass is 441 g/mol. The number of rotatable bonds is 6. The Morgan fingerprint density at radius 2 is 1.83 bits per heavy atom. The molecule has 152 valence electrons. The molecule has 0 fully saturated rings. The van der Waals surface area contributed by atoms with Gasteiger partial charge in [0.05, 0.1) is 22.1 Å². The topological polar surface area (TPSA) is 123 Å². The fourth-order valence-electron chi connectivity index (χ4n) is 2.74. The molecule has 30 heavy (non-hydrogen) atoms. The van der Waals surface area contributed by atoms with E-state index in [1.54, 1.807) is 29.6 Å². The maximum absolute atomic E-state index is 12.5. The van der Waals surface area contributed by atoms with Gasteiger partial charge in [-0.1, -0.05) is 12.1 Å². The van der Waals surface area contributed by atoms with Crippen molar-refractivity contribution in [3.8, 4) is 0 Å². The lowest BCUT2D eigenvalue weighted by molar-refractivity contribution is -0.116. The van der Waals surface area contributed by atoms with Gasteiger partial charge in [0, 0.05) is 17.3 Å². The van der Waals surface area contributed by atoms with Gasteiger partial charge in [0.15, 0.2) is 5.13 Å². The average Bonchev–Trinajstić information content (AvgIpc) is 3.23. The molecule has 2 N–H and O–H groups in total. The second kappa shape index (κ2) is 8.05. The van der Waals surface area contributed by atoms with Crippen LogP contribution in [-0.2, 0) is 21.4 Å².